The van der Waals surface area contributed by atoms with Crippen LogP contribution in [0.3, 0.4) is 0 Å². The number of nitrogens with zero attached hydrogens (tertiary/aromatic N) is 4. The predicted octanol–water partition coefficient (Wildman–Crippen LogP) is 1.66. The van der Waals surface area contributed by atoms with E-state index >= 15 is 0 Å². The van der Waals surface area contributed by atoms with Crippen LogP contribution in [-0.4, -0.2) is 30.8 Å². The molecule has 100 valence electrons. The second-order valence-electron chi connectivity index (χ2n) is 3.75. The number of carbonyl (C=O) groups is 1. The highest BCUT2D eigenvalue weighted by atomic mass is 35.5. The maximum atomic E-state index is 10.8. The largest absolute Gasteiger partial charge is 0.478 e. The quantitative estimate of drug-likeness (QED) is 0.866. The zero-order chi connectivity index (χ0) is 13.8. The smallest absolute Gasteiger partial charge is 0.337 e. The van der Waals surface area contributed by atoms with Crippen LogP contribution in [0, 0.1) is 0 Å². The van der Waals surface area contributed by atoms with Crippen molar-refractivity contribution in [3.8, 4) is 0 Å². The number of hydrogen-bond acceptors (Lipinski definition) is 5. The minimum atomic E-state index is -1.06. The maximum Gasteiger partial charge on any atom is 0.337 e. The van der Waals surface area contributed by atoms with E-state index < -0.39 is 5.97 Å². The van der Waals surface area contributed by atoms with E-state index in [2.05, 4.69) is 20.5 Å². The summed E-state index contributed by atoms with van der Waals surface area (Å²) in [5.74, 6) is 0.103. The van der Waals surface area contributed by atoms with Crippen LogP contribution < -0.4 is 5.32 Å². The highest BCUT2D eigenvalue weighted by Crippen LogP contribution is 2.20. The molecule has 0 unspecified atom stereocenters. The first-order valence-corrected chi connectivity index (χ1v) is 5.99. The Morgan fingerprint density at radius 2 is 2.37 bits per heavy atom. The van der Waals surface area contributed by atoms with Gasteiger partial charge in [-0.1, -0.05) is 11.6 Å². The molecule has 0 saturated carbocycles. The van der Waals surface area contributed by atoms with Crippen molar-refractivity contribution in [3.05, 3.63) is 35.0 Å². The number of anilines is 1. The van der Waals surface area contributed by atoms with Crippen LogP contribution >= 0.6 is 11.6 Å². The second-order valence-corrected chi connectivity index (χ2v) is 4.15. The molecule has 2 N–H and O–H groups in total. The van der Waals surface area contributed by atoms with E-state index in [1.54, 1.807) is 6.33 Å². The SMILES string of the molecule is CCn1cnnc1CNc1ncc(C(=O)O)cc1Cl. The van der Waals surface area contributed by atoms with E-state index in [-0.39, 0.29) is 10.6 Å². The molecule has 0 aliphatic heterocycles. The van der Waals surface area contributed by atoms with Gasteiger partial charge < -0.3 is 15.0 Å². The van der Waals surface area contributed by atoms with Gasteiger partial charge in [0.05, 0.1) is 17.1 Å². The summed E-state index contributed by atoms with van der Waals surface area (Å²) >= 11 is 5.96. The fourth-order valence-electron chi connectivity index (χ4n) is 1.53. The number of carboxylic acid groups (broad SMARTS) is 1. The van der Waals surface area contributed by atoms with Gasteiger partial charge >= 0.3 is 5.97 Å². The number of nitrogens with one attached hydrogen (secondary N) is 1. The Balaban J connectivity index is 2.10. The number of aromatic nitrogens is 4. The summed E-state index contributed by atoms with van der Waals surface area (Å²) in [6, 6.07) is 1.35. The van der Waals surface area contributed by atoms with Gasteiger partial charge in [-0.3, -0.25) is 0 Å². The lowest BCUT2D eigenvalue weighted by atomic mass is 10.3. The molecule has 0 aromatic carbocycles. The van der Waals surface area contributed by atoms with Crippen molar-refractivity contribution < 1.29 is 9.90 Å². The second kappa shape index (κ2) is 5.66. The molecule has 0 spiro atoms. The first-order valence-electron chi connectivity index (χ1n) is 5.61. The third-order valence-corrected chi connectivity index (χ3v) is 2.83. The molecule has 0 amide bonds. The third-order valence-electron chi connectivity index (χ3n) is 2.54. The Hall–Kier alpha value is -2.15. The van der Waals surface area contributed by atoms with E-state index in [1.807, 2.05) is 11.5 Å². The summed E-state index contributed by atoms with van der Waals surface area (Å²) < 4.78 is 1.88. The lowest BCUT2D eigenvalue weighted by Crippen LogP contribution is -2.09. The van der Waals surface area contributed by atoms with E-state index in [1.165, 1.54) is 12.3 Å². The first kappa shape index (κ1) is 13.3. The summed E-state index contributed by atoms with van der Waals surface area (Å²) in [6.07, 6.45) is 2.89. The summed E-state index contributed by atoms with van der Waals surface area (Å²) in [6.45, 7) is 3.16. The molecular weight excluding hydrogens is 270 g/mol. The van der Waals surface area contributed by atoms with Gasteiger partial charge in [-0.25, -0.2) is 9.78 Å². The molecule has 0 atom stereocenters. The molecule has 8 heteroatoms. The molecule has 0 bridgehead atoms. The van der Waals surface area contributed by atoms with E-state index in [0.29, 0.717) is 12.4 Å². The molecule has 0 saturated heterocycles. The van der Waals surface area contributed by atoms with Gasteiger partial charge in [-0.2, -0.15) is 0 Å². The van der Waals surface area contributed by atoms with Crippen LogP contribution in [0.2, 0.25) is 5.02 Å². The van der Waals surface area contributed by atoms with E-state index in [0.717, 1.165) is 12.4 Å². The number of rotatable bonds is 5. The minimum Gasteiger partial charge on any atom is -0.478 e. The molecule has 0 radical (unpaired) electrons. The normalized spacial score (nSPS) is 10.4. The van der Waals surface area contributed by atoms with Crippen molar-refractivity contribution in [3.63, 3.8) is 0 Å². The molecule has 19 heavy (non-hydrogen) atoms. The van der Waals surface area contributed by atoms with Crippen LogP contribution in [0.4, 0.5) is 5.82 Å². The highest BCUT2D eigenvalue weighted by Gasteiger charge is 2.09. The molecule has 2 heterocycles. The van der Waals surface area contributed by atoms with E-state index in [9.17, 15) is 4.79 Å². The maximum absolute atomic E-state index is 10.8. The Bertz CT molecular complexity index is 599. The van der Waals surface area contributed by atoms with Crippen LogP contribution in [0.1, 0.15) is 23.1 Å². The summed E-state index contributed by atoms with van der Waals surface area (Å²) in [5, 5.41) is 19.8. The minimum absolute atomic E-state index is 0.0484. The van der Waals surface area contributed by atoms with Crippen LogP contribution in [0.25, 0.3) is 0 Å². The zero-order valence-corrected chi connectivity index (χ0v) is 10.9. The van der Waals surface area contributed by atoms with Gasteiger partial charge in [-0.15, -0.1) is 10.2 Å². The first-order chi connectivity index (χ1) is 9.11. The van der Waals surface area contributed by atoms with Crippen LogP contribution in [-0.2, 0) is 13.1 Å². The van der Waals surface area contributed by atoms with Crippen molar-refractivity contribution in [1.29, 1.82) is 0 Å². The number of aromatic carboxylic acids is 1. The molecule has 2 rings (SSSR count). The van der Waals surface area contributed by atoms with Gasteiger partial charge in [0.2, 0.25) is 0 Å². The molecule has 0 aliphatic rings. The Morgan fingerprint density at radius 1 is 1.58 bits per heavy atom. The van der Waals surface area contributed by atoms with Crippen molar-refractivity contribution in [2.75, 3.05) is 5.32 Å². The molecule has 0 fully saturated rings. The molecule has 0 aliphatic carbocycles. The van der Waals surface area contributed by atoms with Gasteiger partial charge in [-0.05, 0) is 13.0 Å². The van der Waals surface area contributed by atoms with Gasteiger partial charge in [0.25, 0.3) is 0 Å². The van der Waals surface area contributed by atoms with Gasteiger partial charge in [0.15, 0.2) is 5.82 Å². The summed E-state index contributed by atoms with van der Waals surface area (Å²) in [7, 11) is 0. The molecule has 2 aromatic rings. The van der Waals surface area contributed by atoms with Gasteiger partial charge in [0.1, 0.15) is 12.1 Å². The summed E-state index contributed by atoms with van der Waals surface area (Å²) in [4.78, 5) is 14.7. The number of carboxylic acids is 1. The van der Waals surface area contributed by atoms with Crippen LogP contribution in [0.5, 0.6) is 0 Å². The monoisotopic (exact) mass is 281 g/mol. The number of aryl methyl sites for hydroxylation is 1. The van der Waals surface area contributed by atoms with Crippen LogP contribution in [0.15, 0.2) is 18.6 Å². The Kier molecular flexibility index (Phi) is 3.96. The average molecular weight is 282 g/mol. The number of pyridine rings is 1. The number of hydrogen-bond donors (Lipinski definition) is 2. The average Bonchev–Trinajstić information content (AvgIpc) is 2.84. The molecule has 2 aromatic heterocycles. The van der Waals surface area contributed by atoms with Gasteiger partial charge in [0, 0.05) is 12.7 Å². The third kappa shape index (κ3) is 3.00. The highest BCUT2D eigenvalue weighted by molar-refractivity contribution is 6.33. The van der Waals surface area contributed by atoms with Crippen molar-refractivity contribution >= 4 is 23.4 Å². The Labute approximate surface area is 114 Å². The van der Waals surface area contributed by atoms with Crippen molar-refractivity contribution in [2.24, 2.45) is 0 Å². The molecular formula is C11H12ClN5O2. The topological polar surface area (TPSA) is 92.9 Å². The number of halogens is 1. The van der Waals surface area contributed by atoms with Crippen molar-refractivity contribution in [1.82, 2.24) is 19.7 Å². The zero-order valence-electron chi connectivity index (χ0n) is 10.2. The standard InChI is InChI=1S/C11H12ClN5O2/c1-2-17-6-15-16-9(17)5-14-10-8(12)3-7(4-13-10)11(18)19/h3-4,6H,2,5H2,1H3,(H,13,14)(H,18,19). The lowest BCUT2D eigenvalue weighted by molar-refractivity contribution is 0.0696. The Morgan fingerprint density at radius 3 is 3.00 bits per heavy atom. The summed E-state index contributed by atoms with van der Waals surface area (Å²) in [5.41, 5.74) is 0.0484. The fraction of sp³-hybridized carbons (Fsp3) is 0.273. The van der Waals surface area contributed by atoms with Crippen molar-refractivity contribution in [2.45, 2.75) is 20.0 Å². The molecule has 7 nitrogen and oxygen atoms in total. The lowest BCUT2D eigenvalue weighted by Gasteiger charge is -2.08. The van der Waals surface area contributed by atoms with E-state index in [4.69, 9.17) is 16.7 Å². The fourth-order valence-corrected chi connectivity index (χ4v) is 1.76. The predicted molar refractivity (Wildman–Crippen MR) is 69.2 cm³/mol.